The fraction of sp³-hybridized carbons (Fsp3) is 0.0435. The zero-order valence-corrected chi connectivity index (χ0v) is 14.6. The first-order valence-electron chi connectivity index (χ1n) is 8.73. The van der Waals surface area contributed by atoms with Crippen molar-refractivity contribution in [3.05, 3.63) is 101 Å². The van der Waals surface area contributed by atoms with Crippen LogP contribution < -0.4 is 10.3 Å². The van der Waals surface area contributed by atoms with Gasteiger partial charge in [-0.2, -0.15) is 0 Å². The number of hydrogen-bond donors (Lipinski definition) is 1. The van der Waals surface area contributed by atoms with E-state index in [-0.39, 0.29) is 5.56 Å². The van der Waals surface area contributed by atoms with Crippen LogP contribution in [-0.2, 0) is 0 Å². The zero-order chi connectivity index (χ0) is 18.5. The Morgan fingerprint density at radius 1 is 0.926 bits per heavy atom. The minimum Gasteiger partial charge on any atom is -0.490 e. The predicted octanol–water partition coefficient (Wildman–Crippen LogP) is 4.68. The van der Waals surface area contributed by atoms with E-state index in [4.69, 9.17) is 4.74 Å². The lowest BCUT2D eigenvalue weighted by Crippen LogP contribution is -2.09. The molecule has 0 fully saturated rings. The van der Waals surface area contributed by atoms with Gasteiger partial charge in [-0.05, 0) is 35.9 Å². The van der Waals surface area contributed by atoms with Crippen LogP contribution in [0, 0.1) is 0 Å². The second kappa shape index (κ2) is 7.70. The van der Waals surface area contributed by atoms with Gasteiger partial charge in [0.25, 0.3) is 5.56 Å². The lowest BCUT2D eigenvalue weighted by atomic mass is 10.2. The molecule has 132 valence electrons. The molecule has 0 aliphatic carbocycles. The first-order valence-corrected chi connectivity index (χ1v) is 8.73. The van der Waals surface area contributed by atoms with E-state index in [9.17, 15) is 4.79 Å². The number of benzene rings is 3. The van der Waals surface area contributed by atoms with Crippen molar-refractivity contribution in [3.8, 4) is 17.1 Å². The van der Waals surface area contributed by atoms with Gasteiger partial charge in [-0.1, -0.05) is 60.7 Å². The van der Waals surface area contributed by atoms with Crippen LogP contribution in [-0.4, -0.2) is 16.6 Å². The van der Waals surface area contributed by atoms with E-state index in [1.807, 2.05) is 84.9 Å². The summed E-state index contributed by atoms with van der Waals surface area (Å²) < 4.78 is 5.80. The molecule has 0 spiro atoms. The fourth-order valence-electron chi connectivity index (χ4n) is 2.85. The molecule has 0 aliphatic rings. The van der Waals surface area contributed by atoms with Crippen molar-refractivity contribution in [2.45, 2.75) is 0 Å². The van der Waals surface area contributed by atoms with Gasteiger partial charge in [0, 0.05) is 5.56 Å². The number of fused-ring (bicyclic) bond motifs is 1. The average molecular weight is 354 g/mol. The molecule has 0 amide bonds. The second-order valence-corrected chi connectivity index (χ2v) is 6.08. The number of nitrogens with one attached hydrogen (secondary N) is 1. The molecule has 0 saturated heterocycles. The van der Waals surface area contributed by atoms with E-state index in [0.717, 1.165) is 16.9 Å². The highest BCUT2D eigenvalue weighted by atomic mass is 16.5. The van der Waals surface area contributed by atoms with Crippen molar-refractivity contribution in [2.75, 3.05) is 6.61 Å². The van der Waals surface area contributed by atoms with Crippen molar-refractivity contribution in [1.29, 1.82) is 0 Å². The van der Waals surface area contributed by atoms with Crippen molar-refractivity contribution in [1.82, 2.24) is 9.97 Å². The summed E-state index contributed by atoms with van der Waals surface area (Å²) in [5.74, 6) is 1.25. The third-order valence-electron chi connectivity index (χ3n) is 4.18. The maximum atomic E-state index is 12.3. The quantitative estimate of drug-likeness (QED) is 0.566. The Kier molecular flexibility index (Phi) is 4.79. The Bertz CT molecular complexity index is 1150. The number of para-hydroxylation sites is 1. The van der Waals surface area contributed by atoms with Gasteiger partial charge < -0.3 is 9.72 Å². The van der Waals surface area contributed by atoms with E-state index < -0.39 is 0 Å². The topological polar surface area (TPSA) is 55.0 Å². The van der Waals surface area contributed by atoms with E-state index in [1.54, 1.807) is 6.07 Å². The van der Waals surface area contributed by atoms with Crippen molar-refractivity contribution in [2.24, 2.45) is 0 Å². The maximum Gasteiger partial charge on any atom is 0.259 e. The number of H-pyrrole nitrogens is 1. The molecule has 0 bridgehead atoms. The number of ether oxygens (including phenoxy) is 1. The first-order chi connectivity index (χ1) is 13.3. The third kappa shape index (κ3) is 3.96. The Labute approximate surface area is 156 Å². The van der Waals surface area contributed by atoms with Crippen molar-refractivity contribution in [3.63, 3.8) is 0 Å². The maximum absolute atomic E-state index is 12.3. The molecular weight excluding hydrogens is 336 g/mol. The molecule has 1 N–H and O–H groups in total. The highest BCUT2D eigenvalue weighted by Crippen LogP contribution is 2.21. The van der Waals surface area contributed by atoms with Gasteiger partial charge in [0.05, 0.1) is 10.9 Å². The monoisotopic (exact) mass is 354 g/mol. The summed E-state index contributed by atoms with van der Waals surface area (Å²) >= 11 is 0. The first kappa shape index (κ1) is 16.8. The summed E-state index contributed by atoms with van der Waals surface area (Å²) in [4.78, 5) is 19.7. The Morgan fingerprint density at radius 2 is 1.74 bits per heavy atom. The second-order valence-electron chi connectivity index (χ2n) is 6.08. The van der Waals surface area contributed by atoms with Crippen molar-refractivity contribution >= 4 is 17.0 Å². The average Bonchev–Trinajstić information content (AvgIpc) is 2.72. The molecule has 1 heterocycles. The van der Waals surface area contributed by atoms with Gasteiger partial charge >= 0.3 is 0 Å². The van der Waals surface area contributed by atoms with Crippen LogP contribution in [0.1, 0.15) is 5.56 Å². The predicted molar refractivity (Wildman–Crippen MR) is 109 cm³/mol. The summed E-state index contributed by atoms with van der Waals surface area (Å²) in [7, 11) is 0. The summed E-state index contributed by atoms with van der Waals surface area (Å²) in [5, 5.41) is 0.583. The van der Waals surface area contributed by atoms with Crippen LogP contribution in [0.5, 0.6) is 5.75 Å². The normalized spacial score (nSPS) is 11.1. The highest BCUT2D eigenvalue weighted by Gasteiger charge is 2.06. The molecular formula is C23H18N2O2. The molecule has 0 saturated carbocycles. The van der Waals surface area contributed by atoms with Crippen molar-refractivity contribution < 1.29 is 4.74 Å². The number of aromatic nitrogens is 2. The lowest BCUT2D eigenvalue weighted by molar-refractivity contribution is 0.364. The minimum absolute atomic E-state index is 0.146. The molecule has 0 aliphatic heterocycles. The van der Waals surface area contributed by atoms with Gasteiger partial charge in [0.1, 0.15) is 18.2 Å². The highest BCUT2D eigenvalue weighted by molar-refractivity contribution is 5.79. The van der Waals surface area contributed by atoms with Crippen LogP contribution in [0.25, 0.3) is 28.4 Å². The van der Waals surface area contributed by atoms with Gasteiger partial charge in [-0.15, -0.1) is 0 Å². The Balaban J connectivity index is 1.52. The van der Waals surface area contributed by atoms with Gasteiger partial charge in [0.2, 0.25) is 0 Å². The summed E-state index contributed by atoms with van der Waals surface area (Å²) in [6.07, 6.45) is 3.99. The molecule has 3 aromatic carbocycles. The smallest absolute Gasteiger partial charge is 0.259 e. The van der Waals surface area contributed by atoms with E-state index in [2.05, 4.69) is 9.97 Å². The molecule has 0 atom stereocenters. The van der Waals surface area contributed by atoms with Gasteiger partial charge in [-0.3, -0.25) is 4.79 Å². The zero-order valence-electron chi connectivity index (χ0n) is 14.6. The Hall–Kier alpha value is -3.66. The fourth-order valence-corrected chi connectivity index (χ4v) is 2.85. The molecule has 0 unspecified atom stereocenters. The van der Waals surface area contributed by atoms with Crippen LogP contribution in [0.4, 0.5) is 0 Å². The lowest BCUT2D eigenvalue weighted by Gasteiger charge is -2.07. The summed E-state index contributed by atoms with van der Waals surface area (Å²) in [5.41, 5.74) is 2.47. The summed E-state index contributed by atoms with van der Waals surface area (Å²) in [6, 6.07) is 24.9. The Morgan fingerprint density at radius 3 is 2.63 bits per heavy atom. The van der Waals surface area contributed by atoms with Crippen LogP contribution in [0.2, 0.25) is 0 Å². The van der Waals surface area contributed by atoms with Crippen LogP contribution in [0.3, 0.4) is 0 Å². The molecule has 4 rings (SSSR count). The van der Waals surface area contributed by atoms with E-state index in [1.165, 1.54) is 0 Å². The molecule has 0 radical (unpaired) electrons. The SMILES string of the molecule is O=c1[nH]c(-c2cccc(OCC=Cc3ccccc3)c2)nc2ccccc12. The molecule has 4 aromatic rings. The standard InChI is InChI=1S/C23H18N2O2/c26-23-20-13-4-5-14-21(20)24-22(25-23)18-11-6-12-19(16-18)27-15-7-10-17-8-2-1-3-9-17/h1-14,16H,15H2,(H,24,25,26). The molecule has 4 heteroatoms. The third-order valence-corrected chi connectivity index (χ3v) is 4.18. The number of aromatic amines is 1. The van der Waals surface area contributed by atoms with Crippen LogP contribution >= 0.6 is 0 Å². The van der Waals surface area contributed by atoms with E-state index in [0.29, 0.717) is 23.3 Å². The summed E-state index contributed by atoms with van der Waals surface area (Å²) in [6.45, 7) is 0.458. The van der Waals surface area contributed by atoms with E-state index >= 15 is 0 Å². The molecule has 1 aromatic heterocycles. The largest absolute Gasteiger partial charge is 0.490 e. The van der Waals surface area contributed by atoms with Crippen LogP contribution in [0.15, 0.2) is 89.7 Å². The van der Waals surface area contributed by atoms with Gasteiger partial charge in [-0.25, -0.2) is 4.98 Å². The molecule has 27 heavy (non-hydrogen) atoms. The number of nitrogens with zero attached hydrogens (tertiary/aromatic N) is 1. The minimum atomic E-state index is -0.146. The van der Waals surface area contributed by atoms with Gasteiger partial charge in [0.15, 0.2) is 0 Å². The number of rotatable bonds is 5. The number of hydrogen-bond acceptors (Lipinski definition) is 3. The molecule has 4 nitrogen and oxygen atoms in total.